The van der Waals surface area contributed by atoms with Crippen LogP contribution in [0.2, 0.25) is 0 Å². The molecule has 1 atom stereocenters. The summed E-state index contributed by atoms with van der Waals surface area (Å²) >= 11 is 0. The number of fused-ring (bicyclic) bond motifs is 2. The maximum absolute atomic E-state index is 11.6. The highest BCUT2D eigenvalue weighted by Crippen LogP contribution is 2.31. The van der Waals surface area contributed by atoms with Crippen LogP contribution in [0.3, 0.4) is 0 Å². The van der Waals surface area contributed by atoms with E-state index in [2.05, 4.69) is 4.98 Å². The molecular formula is C15H13NO4. The number of hydrogen-bond acceptors (Lipinski definition) is 3. The van der Waals surface area contributed by atoms with E-state index < -0.39 is 17.9 Å². The molecular weight excluding hydrogens is 258 g/mol. The van der Waals surface area contributed by atoms with Gasteiger partial charge in [0.2, 0.25) is 0 Å². The molecule has 0 saturated heterocycles. The number of aliphatic carboxylic acids is 1. The highest BCUT2D eigenvalue weighted by atomic mass is 16.4. The summed E-state index contributed by atoms with van der Waals surface area (Å²) in [6.07, 6.45) is 1.26. The number of benzene rings is 1. The van der Waals surface area contributed by atoms with E-state index in [1.54, 1.807) is 18.2 Å². The minimum absolute atomic E-state index is 0.205. The lowest BCUT2D eigenvalue weighted by Crippen LogP contribution is -2.25. The Bertz CT molecular complexity index is 723. The normalized spacial score (nSPS) is 17.7. The zero-order valence-electron chi connectivity index (χ0n) is 10.7. The Hall–Kier alpha value is -2.43. The molecule has 1 aromatic carbocycles. The van der Waals surface area contributed by atoms with Crippen molar-refractivity contribution in [3.05, 3.63) is 41.1 Å². The lowest BCUT2D eigenvalue weighted by atomic mass is 9.83. The third kappa shape index (κ3) is 1.91. The van der Waals surface area contributed by atoms with Gasteiger partial charge in [-0.25, -0.2) is 4.79 Å². The fourth-order valence-electron chi connectivity index (χ4n) is 2.84. The first-order valence-corrected chi connectivity index (χ1v) is 6.44. The van der Waals surface area contributed by atoms with Crippen LogP contribution < -0.4 is 0 Å². The number of nitrogens with zero attached hydrogens (tertiary/aromatic N) is 1. The number of aromatic carboxylic acids is 1. The van der Waals surface area contributed by atoms with Crippen LogP contribution in [0.15, 0.2) is 24.3 Å². The van der Waals surface area contributed by atoms with Crippen LogP contribution in [-0.4, -0.2) is 27.1 Å². The van der Waals surface area contributed by atoms with E-state index >= 15 is 0 Å². The standard InChI is InChI=1S/C15H13NO4/c17-14(18)8-5-6-12-10(7-8)13(15(19)20)9-3-1-2-4-11(9)16-12/h1-4,8H,5-7H2,(H,17,18)(H,19,20)/t8-/m1/s1. The van der Waals surface area contributed by atoms with E-state index in [1.807, 2.05) is 6.07 Å². The SMILES string of the molecule is O=C(O)c1c2c(nc3ccccc13)CC[C@@H](C(=O)O)C2. The van der Waals surface area contributed by atoms with Crippen LogP contribution in [0.25, 0.3) is 10.9 Å². The Kier molecular flexibility index (Phi) is 2.89. The van der Waals surface area contributed by atoms with E-state index in [0.29, 0.717) is 29.3 Å². The van der Waals surface area contributed by atoms with Crippen molar-refractivity contribution in [3.8, 4) is 0 Å². The van der Waals surface area contributed by atoms with Gasteiger partial charge < -0.3 is 10.2 Å². The van der Waals surface area contributed by atoms with Crippen LogP contribution in [0, 0.1) is 5.92 Å². The monoisotopic (exact) mass is 271 g/mol. The summed E-state index contributed by atoms with van der Waals surface area (Å²) in [5.74, 6) is -2.42. The summed E-state index contributed by atoms with van der Waals surface area (Å²) < 4.78 is 0. The summed E-state index contributed by atoms with van der Waals surface area (Å²) in [7, 11) is 0. The average molecular weight is 271 g/mol. The number of carbonyl (C=O) groups is 2. The summed E-state index contributed by atoms with van der Waals surface area (Å²) in [6.45, 7) is 0. The highest BCUT2D eigenvalue weighted by Gasteiger charge is 2.29. The van der Waals surface area contributed by atoms with Crippen molar-refractivity contribution in [2.75, 3.05) is 0 Å². The fourth-order valence-corrected chi connectivity index (χ4v) is 2.84. The summed E-state index contributed by atoms with van der Waals surface area (Å²) in [5.41, 5.74) is 2.16. The predicted octanol–water partition coefficient (Wildman–Crippen LogP) is 2.12. The van der Waals surface area contributed by atoms with Crippen molar-refractivity contribution in [2.24, 2.45) is 5.92 Å². The molecule has 5 nitrogen and oxygen atoms in total. The molecule has 0 radical (unpaired) electrons. The van der Waals surface area contributed by atoms with Gasteiger partial charge in [-0.2, -0.15) is 0 Å². The van der Waals surface area contributed by atoms with Crippen molar-refractivity contribution < 1.29 is 19.8 Å². The van der Waals surface area contributed by atoms with Crippen molar-refractivity contribution in [1.82, 2.24) is 4.98 Å². The van der Waals surface area contributed by atoms with E-state index in [0.717, 1.165) is 5.69 Å². The van der Waals surface area contributed by atoms with Gasteiger partial charge in [0, 0.05) is 11.1 Å². The Morgan fingerprint density at radius 1 is 1.20 bits per heavy atom. The number of para-hydroxylation sites is 1. The second-order valence-corrected chi connectivity index (χ2v) is 5.01. The molecule has 0 fully saturated rings. The van der Waals surface area contributed by atoms with Gasteiger partial charge in [-0.1, -0.05) is 18.2 Å². The first-order chi connectivity index (χ1) is 9.58. The molecule has 102 valence electrons. The Morgan fingerprint density at radius 2 is 1.95 bits per heavy atom. The quantitative estimate of drug-likeness (QED) is 0.873. The number of carboxylic acids is 2. The van der Waals surface area contributed by atoms with Crippen molar-refractivity contribution in [3.63, 3.8) is 0 Å². The smallest absolute Gasteiger partial charge is 0.336 e. The van der Waals surface area contributed by atoms with Crippen LogP contribution in [0.4, 0.5) is 0 Å². The third-order valence-electron chi connectivity index (χ3n) is 3.82. The van der Waals surface area contributed by atoms with Crippen LogP contribution in [-0.2, 0) is 17.6 Å². The van der Waals surface area contributed by atoms with Gasteiger partial charge in [-0.05, 0) is 30.9 Å². The number of hydrogen-bond donors (Lipinski definition) is 2. The largest absolute Gasteiger partial charge is 0.481 e. The molecule has 0 amide bonds. The van der Waals surface area contributed by atoms with E-state index in [4.69, 9.17) is 5.11 Å². The molecule has 1 heterocycles. The van der Waals surface area contributed by atoms with E-state index in [-0.39, 0.29) is 12.0 Å². The van der Waals surface area contributed by atoms with Gasteiger partial charge >= 0.3 is 11.9 Å². The second-order valence-electron chi connectivity index (χ2n) is 5.01. The summed E-state index contributed by atoms with van der Waals surface area (Å²) in [4.78, 5) is 27.2. The Balaban J connectivity index is 2.26. The van der Waals surface area contributed by atoms with Gasteiger partial charge in [0.05, 0.1) is 17.0 Å². The molecule has 1 aliphatic rings. The molecule has 2 aromatic rings. The molecule has 2 N–H and O–H groups in total. The van der Waals surface area contributed by atoms with Crippen LogP contribution in [0.5, 0.6) is 0 Å². The molecule has 3 rings (SSSR count). The Labute approximate surface area is 114 Å². The van der Waals surface area contributed by atoms with Gasteiger partial charge in [0.15, 0.2) is 0 Å². The maximum Gasteiger partial charge on any atom is 0.336 e. The third-order valence-corrected chi connectivity index (χ3v) is 3.82. The lowest BCUT2D eigenvalue weighted by Gasteiger charge is -2.23. The number of pyridine rings is 1. The second kappa shape index (κ2) is 4.59. The molecule has 0 bridgehead atoms. The van der Waals surface area contributed by atoms with Crippen molar-refractivity contribution >= 4 is 22.8 Å². The average Bonchev–Trinajstić information content (AvgIpc) is 2.43. The molecule has 5 heteroatoms. The lowest BCUT2D eigenvalue weighted by molar-refractivity contribution is -0.142. The number of carboxylic acid groups (broad SMARTS) is 2. The minimum Gasteiger partial charge on any atom is -0.481 e. The predicted molar refractivity (Wildman–Crippen MR) is 71.9 cm³/mol. The maximum atomic E-state index is 11.6. The summed E-state index contributed by atoms with van der Waals surface area (Å²) in [6, 6.07) is 7.08. The zero-order chi connectivity index (χ0) is 14.3. The van der Waals surface area contributed by atoms with Gasteiger partial charge in [0.1, 0.15) is 0 Å². The van der Waals surface area contributed by atoms with Gasteiger partial charge in [-0.15, -0.1) is 0 Å². The topological polar surface area (TPSA) is 87.5 Å². The fraction of sp³-hybridized carbons (Fsp3) is 0.267. The molecule has 0 aliphatic heterocycles. The molecule has 1 aliphatic carbocycles. The van der Waals surface area contributed by atoms with Crippen LogP contribution >= 0.6 is 0 Å². The first kappa shape index (κ1) is 12.6. The number of rotatable bonds is 2. The molecule has 0 spiro atoms. The molecule has 0 unspecified atom stereocenters. The van der Waals surface area contributed by atoms with Crippen molar-refractivity contribution in [1.29, 1.82) is 0 Å². The zero-order valence-corrected chi connectivity index (χ0v) is 10.7. The minimum atomic E-state index is -1.02. The highest BCUT2D eigenvalue weighted by molar-refractivity contribution is 6.04. The van der Waals surface area contributed by atoms with Crippen molar-refractivity contribution in [2.45, 2.75) is 19.3 Å². The summed E-state index contributed by atoms with van der Waals surface area (Å²) in [5, 5.41) is 19.2. The van der Waals surface area contributed by atoms with E-state index in [9.17, 15) is 14.7 Å². The Morgan fingerprint density at radius 3 is 2.65 bits per heavy atom. The first-order valence-electron chi connectivity index (χ1n) is 6.44. The van der Waals surface area contributed by atoms with Crippen LogP contribution in [0.1, 0.15) is 28.0 Å². The van der Waals surface area contributed by atoms with Gasteiger partial charge in [-0.3, -0.25) is 9.78 Å². The molecule has 1 aromatic heterocycles. The molecule has 0 saturated carbocycles. The van der Waals surface area contributed by atoms with Gasteiger partial charge in [0.25, 0.3) is 0 Å². The molecule has 20 heavy (non-hydrogen) atoms. The number of aromatic nitrogens is 1. The number of aryl methyl sites for hydroxylation is 1. The van der Waals surface area contributed by atoms with E-state index in [1.165, 1.54) is 0 Å².